The van der Waals surface area contributed by atoms with E-state index in [1.165, 1.54) is 23.1 Å². The van der Waals surface area contributed by atoms with Gasteiger partial charge in [-0.25, -0.2) is 17.5 Å². The summed E-state index contributed by atoms with van der Waals surface area (Å²) in [6.45, 7) is 0.272. The minimum absolute atomic E-state index is 0.272. The average molecular weight is 410 g/mol. The molecule has 0 bridgehead atoms. The van der Waals surface area contributed by atoms with E-state index in [1.807, 2.05) is 12.1 Å². The van der Waals surface area contributed by atoms with Gasteiger partial charge in [0.25, 0.3) is 0 Å². The van der Waals surface area contributed by atoms with Gasteiger partial charge in [-0.3, -0.25) is 0 Å². The monoisotopic (exact) mass is 409 g/mol. The lowest BCUT2D eigenvalue weighted by molar-refractivity contribution is 0.559. The second-order valence-corrected chi connectivity index (χ2v) is 9.47. The van der Waals surface area contributed by atoms with Crippen LogP contribution >= 0.6 is 39.0 Å². The summed E-state index contributed by atoms with van der Waals surface area (Å²) in [6.07, 6.45) is 0. The first-order valence-electron chi connectivity index (χ1n) is 6.05. The number of hydrogen-bond acceptors (Lipinski definition) is 4. The van der Waals surface area contributed by atoms with Gasteiger partial charge >= 0.3 is 0 Å². The number of nitrogens with one attached hydrogen (secondary N) is 1. The van der Waals surface area contributed by atoms with E-state index in [9.17, 15) is 12.8 Å². The summed E-state index contributed by atoms with van der Waals surface area (Å²) in [4.78, 5) is 0.918. The Balaban J connectivity index is 1.79. The molecule has 0 spiro atoms. The van der Waals surface area contributed by atoms with Crippen molar-refractivity contribution in [1.82, 2.24) is 4.72 Å². The van der Waals surface area contributed by atoms with Gasteiger partial charge < -0.3 is 0 Å². The van der Waals surface area contributed by atoms with Gasteiger partial charge in [-0.1, -0.05) is 12.1 Å². The van der Waals surface area contributed by atoms with Crippen molar-refractivity contribution in [3.8, 4) is 0 Å². The van der Waals surface area contributed by atoms with Crippen molar-refractivity contribution in [3.05, 3.63) is 50.9 Å². The molecule has 0 fully saturated rings. The molecule has 0 atom stereocenters. The predicted octanol–water partition coefficient (Wildman–Crippen LogP) is 3.86. The summed E-state index contributed by atoms with van der Waals surface area (Å²) in [7, 11) is -3.78. The molecule has 2 rings (SSSR count). The highest BCUT2D eigenvalue weighted by molar-refractivity contribution is 9.11. The molecular formula is C13H13BrFNO2S3. The highest BCUT2D eigenvalue weighted by atomic mass is 79.9. The molecular weight excluding hydrogens is 397 g/mol. The Morgan fingerprint density at radius 3 is 2.67 bits per heavy atom. The predicted molar refractivity (Wildman–Crippen MR) is 89.8 cm³/mol. The van der Waals surface area contributed by atoms with Gasteiger partial charge in [0.2, 0.25) is 10.0 Å². The van der Waals surface area contributed by atoms with Gasteiger partial charge in [0.05, 0.1) is 3.79 Å². The second-order valence-electron chi connectivity index (χ2n) is 4.09. The van der Waals surface area contributed by atoms with Crippen molar-refractivity contribution in [2.24, 2.45) is 0 Å². The van der Waals surface area contributed by atoms with Crippen LogP contribution in [0.15, 0.2) is 45.1 Å². The first kappa shape index (κ1) is 17.0. The second kappa shape index (κ2) is 7.73. The molecule has 0 aliphatic carbocycles. The van der Waals surface area contributed by atoms with Crippen LogP contribution < -0.4 is 4.72 Å². The van der Waals surface area contributed by atoms with Crippen LogP contribution in [0.5, 0.6) is 0 Å². The van der Waals surface area contributed by atoms with E-state index in [0.717, 1.165) is 15.6 Å². The zero-order valence-electron chi connectivity index (χ0n) is 10.9. The number of halogens is 2. The highest BCUT2D eigenvalue weighted by Crippen LogP contribution is 2.25. The maximum absolute atomic E-state index is 13.5. The number of hydrogen-bond donors (Lipinski definition) is 1. The van der Waals surface area contributed by atoms with E-state index in [1.54, 1.807) is 23.1 Å². The normalized spacial score (nSPS) is 11.7. The maximum atomic E-state index is 13.5. The first-order chi connectivity index (χ1) is 9.99. The zero-order chi connectivity index (χ0) is 15.3. The summed E-state index contributed by atoms with van der Waals surface area (Å²) in [5.41, 5.74) is 0. The van der Waals surface area contributed by atoms with E-state index < -0.39 is 15.8 Å². The molecule has 3 nitrogen and oxygen atoms in total. The topological polar surface area (TPSA) is 46.2 Å². The molecule has 8 heteroatoms. The van der Waals surface area contributed by atoms with E-state index in [4.69, 9.17) is 0 Å². The maximum Gasteiger partial charge on any atom is 0.243 e. The highest BCUT2D eigenvalue weighted by Gasteiger charge is 2.17. The van der Waals surface area contributed by atoms with Crippen molar-refractivity contribution in [2.45, 2.75) is 10.6 Å². The lowest BCUT2D eigenvalue weighted by Crippen LogP contribution is -2.26. The quantitative estimate of drug-likeness (QED) is 0.706. The largest absolute Gasteiger partial charge is 0.243 e. The van der Waals surface area contributed by atoms with Gasteiger partial charge in [0.1, 0.15) is 10.7 Å². The molecule has 0 aliphatic heterocycles. The van der Waals surface area contributed by atoms with Gasteiger partial charge in [-0.2, -0.15) is 11.8 Å². The number of sulfonamides is 1. The van der Waals surface area contributed by atoms with E-state index in [-0.39, 0.29) is 11.4 Å². The van der Waals surface area contributed by atoms with Crippen LogP contribution in [-0.4, -0.2) is 20.7 Å². The standard InChI is InChI=1S/C13H13BrFNO2S3/c14-13-6-5-10(20-13)9-19-8-7-16-21(17,18)12-4-2-1-3-11(12)15/h1-6,16H,7-9H2. The van der Waals surface area contributed by atoms with Crippen LogP contribution in [0.2, 0.25) is 0 Å². The van der Waals surface area contributed by atoms with Crippen LogP contribution in [0, 0.1) is 5.82 Å². The summed E-state index contributed by atoms with van der Waals surface area (Å²) >= 11 is 6.68. The van der Waals surface area contributed by atoms with Crippen molar-refractivity contribution in [1.29, 1.82) is 0 Å². The molecule has 0 amide bonds. The Bertz CT molecular complexity index is 703. The Morgan fingerprint density at radius 1 is 1.24 bits per heavy atom. The molecule has 1 heterocycles. The molecule has 1 aromatic carbocycles. The van der Waals surface area contributed by atoms with Crippen LogP contribution in [0.25, 0.3) is 0 Å². The fourth-order valence-corrected chi connectivity index (χ4v) is 5.28. The van der Waals surface area contributed by atoms with Crippen LogP contribution in [-0.2, 0) is 15.8 Å². The number of rotatable bonds is 7. The zero-order valence-corrected chi connectivity index (χ0v) is 14.9. The van der Waals surface area contributed by atoms with Gasteiger partial charge in [0, 0.05) is 22.9 Å². The molecule has 0 unspecified atom stereocenters. The van der Waals surface area contributed by atoms with Crippen LogP contribution in [0.4, 0.5) is 4.39 Å². The van der Waals surface area contributed by atoms with Crippen molar-refractivity contribution in [2.75, 3.05) is 12.3 Å². The summed E-state index contributed by atoms with van der Waals surface area (Å²) in [6, 6.07) is 9.38. The molecule has 0 aliphatic rings. The minimum Gasteiger partial charge on any atom is -0.210 e. The lowest BCUT2D eigenvalue weighted by Gasteiger charge is -2.07. The Labute approximate surface area is 140 Å². The van der Waals surface area contributed by atoms with Crippen LogP contribution in [0.1, 0.15) is 4.88 Å². The summed E-state index contributed by atoms with van der Waals surface area (Å²) in [5, 5.41) is 0. The van der Waals surface area contributed by atoms with E-state index in [2.05, 4.69) is 20.7 Å². The van der Waals surface area contributed by atoms with E-state index >= 15 is 0 Å². The number of thioether (sulfide) groups is 1. The summed E-state index contributed by atoms with van der Waals surface area (Å²) < 4.78 is 40.8. The first-order valence-corrected chi connectivity index (χ1v) is 10.3. The molecule has 114 valence electrons. The third-order valence-corrected chi connectivity index (χ3v) is 6.85. The molecule has 21 heavy (non-hydrogen) atoms. The molecule has 2 aromatic rings. The van der Waals surface area contributed by atoms with Crippen molar-refractivity contribution in [3.63, 3.8) is 0 Å². The Kier molecular flexibility index (Phi) is 6.24. The Hall–Kier alpha value is -0.410. The van der Waals surface area contributed by atoms with Gasteiger partial charge in [-0.15, -0.1) is 11.3 Å². The molecule has 0 saturated carbocycles. The smallest absolute Gasteiger partial charge is 0.210 e. The Morgan fingerprint density at radius 2 is 2.00 bits per heavy atom. The fraction of sp³-hybridized carbons (Fsp3) is 0.231. The SMILES string of the molecule is O=S(=O)(NCCSCc1ccc(Br)s1)c1ccccc1F. The lowest BCUT2D eigenvalue weighted by atomic mass is 10.4. The van der Waals surface area contributed by atoms with Crippen molar-refractivity contribution >= 4 is 49.1 Å². The third-order valence-electron chi connectivity index (χ3n) is 2.54. The molecule has 1 N–H and O–H groups in total. The van der Waals surface area contributed by atoms with Gasteiger partial charge in [-0.05, 0) is 40.2 Å². The third kappa shape index (κ3) is 5.07. The molecule has 0 saturated heterocycles. The number of thiophene rings is 1. The van der Waals surface area contributed by atoms with Gasteiger partial charge in [0.15, 0.2) is 0 Å². The minimum atomic E-state index is -3.78. The van der Waals surface area contributed by atoms with Crippen molar-refractivity contribution < 1.29 is 12.8 Å². The van der Waals surface area contributed by atoms with Crippen LogP contribution in [0.3, 0.4) is 0 Å². The fourth-order valence-electron chi connectivity index (χ4n) is 1.59. The van der Waals surface area contributed by atoms with E-state index in [0.29, 0.717) is 5.75 Å². The average Bonchev–Trinajstić information content (AvgIpc) is 2.84. The number of benzene rings is 1. The molecule has 1 aromatic heterocycles. The molecule has 0 radical (unpaired) electrons. The summed E-state index contributed by atoms with van der Waals surface area (Å²) in [5.74, 6) is 0.724.